The minimum atomic E-state index is -0.468. The molecule has 0 saturated heterocycles. The summed E-state index contributed by atoms with van der Waals surface area (Å²) in [4.78, 5) is 11.4. The van der Waals surface area contributed by atoms with E-state index in [4.69, 9.17) is 4.74 Å². The van der Waals surface area contributed by atoms with Crippen LogP contribution in [0.15, 0.2) is 24.3 Å². The predicted octanol–water partition coefficient (Wildman–Crippen LogP) is 2.41. The number of carbonyl (C=O) groups excluding carboxylic acids is 1. The molecule has 0 spiro atoms. The van der Waals surface area contributed by atoms with Gasteiger partial charge in [-0.1, -0.05) is 31.2 Å². The van der Waals surface area contributed by atoms with Crippen LogP contribution < -0.4 is 0 Å². The Morgan fingerprint density at radius 2 is 2.06 bits per heavy atom. The topological polar surface area (TPSA) is 46.5 Å². The van der Waals surface area contributed by atoms with Gasteiger partial charge in [-0.05, 0) is 24.5 Å². The molecule has 0 amide bonds. The van der Waals surface area contributed by atoms with E-state index >= 15 is 0 Å². The number of benzene rings is 1. The molecule has 1 N–H and O–H groups in total. The maximum atomic E-state index is 11.4. The van der Waals surface area contributed by atoms with Crippen LogP contribution in [0, 0.1) is 0 Å². The largest absolute Gasteiger partial charge is 0.469 e. The number of esters is 1. The molecule has 1 rings (SSSR count). The van der Waals surface area contributed by atoms with Crippen molar-refractivity contribution in [3.63, 3.8) is 0 Å². The monoisotopic (exact) mass is 222 g/mol. The summed E-state index contributed by atoms with van der Waals surface area (Å²) in [6, 6.07) is 7.44. The first-order chi connectivity index (χ1) is 7.60. The smallest absolute Gasteiger partial charge is 0.312 e. The molecule has 0 aliphatic rings. The lowest BCUT2D eigenvalue weighted by Crippen LogP contribution is -2.11. The van der Waals surface area contributed by atoms with Gasteiger partial charge in [0.2, 0.25) is 0 Å². The first-order valence-electron chi connectivity index (χ1n) is 5.45. The van der Waals surface area contributed by atoms with Crippen LogP contribution in [-0.4, -0.2) is 18.2 Å². The molecular weight excluding hydrogens is 204 g/mol. The lowest BCUT2D eigenvalue weighted by molar-refractivity contribution is -0.141. The summed E-state index contributed by atoms with van der Waals surface area (Å²) in [7, 11) is 1.38. The second-order valence-electron chi connectivity index (χ2n) is 3.84. The van der Waals surface area contributed by atoms with Crippen molar-refractivity contribution < 1.29 is 14.6 Å². The fourth-order valence-corrected chi connectivity index (χ4v) is 1.58. The molecule has 88 valence electrons. The Bertz CT molecular complexity index is 360. The lowest BCUT2D eigenvalue weighted by atomic mass is 9.97. The van der Waals surface area contributed by atoms with Gasteiger partial charge in [-0.15, -0.1) is 0 Å². The van der Waals surface area contributed by atoms with E-state index in [2.05, 4.69) is 0 Å². The molecule has 3 nitrogen and oxygen atoms in total. The van der Waals surface area contributed by atoms with Gasteiger partial charge in [0.25, 0.3) is 0 Å². The molecular formula is C13H18O3. The quantitative estimate of drug-likeness (QED) is 0.796. The van der Waals surface area contributed by atoms with Gasteiger partial charge in [0.15, 0.2) is 0 Å². The van der Waals surface area contributed by atoms with E-state index < -0.39 is 6.10 Å². The molecule has 1 aromatic rings. The molecule has 0 fully saturated rings. The molecule has 0 saturated carbocycles. The van der Waals surface area contributed by atoms with Crippen LogP contribution in [0.1, 0.15) is 43.4 Å². The van der Waals surface area contributed by atoms with Crippen LogP contribution in [0.4, 0.5) is 0 Å². The highest BCUT2D eigenvalue weighted by atomic mass is 16.5. The second-order valence-corrected chi connectivity index (χ2v) is 3.84. The Morgan fingerprint density at radius 3 is 2.62 bits per heavy atom. The van der Waals surface area contributed by atoms with Crippen molar-refractivity contribution in [2.24, 2.45) is 0 Å². The van der Waals surface area contributed by atoms with Crippen molar-refractivity contribution in [3.05, 3.63) is 35.4 Å². The third kappa shape index (κ3) is 2.83. The average Bonchev–Trinajstić information content (AvgIpc) is 2.36. The summed E-state index contributed by atoms with van der Waals surface area (Å²) in [6.45, 7) is 3.71. The Hall–Kier alpha value is -1.35. The first-order valence-corrected chi connectivity index (χ1v) is 5.45. The van der Waals surface area contributed by atoms with E-state index in [1.54, 1.807) is 6.92 Å². The summed E-state index contributed by atoms with van der Waals surface area (Å²) < 4.78 is 4.69. The Kier molecular flexibility index (Phi) is 4.50. The summed E-state index contributed by atoms with van der Waals surface area (Å²) in [6.07, 6.45) is 0.195. The van der Waals surface area contributed by atoms with Crippen molar-refractivity contribution in [2.75, 3.05) is 7.11 Å². The molecule has 1 aromatic carbocycles. The van der Waals surface area contributed by atoms with Crippen molar-refractivity contribution in [1.29, 1.82) is 0 Å². The van der Waals surface area contributed by atoms with Crippen molar-refractivity contribution in [3.8, 4) is 0 Å². The minimum absolute atomic E-state index is 0.261. The molecule has 16 heavy (non-hydrogen) atoms. The highest BCUT2D eigenvalue weighted by molar-refractivity contribution is 5.77. The molecule has 0 unspecified atom stereocenters. The molecule has 0 bridgehead atoms. The number of aliphatic hydroxyl groups is 1. The van der Waals surface area contributed by atoms with Gasteiger partial charge in [-0.3, -0.25) is 4.79 Å². The summed E-state index contributed by atoms with van der Waals surface area (Å²) in [5.41, 5.74) is 1.72. The van der Waals surface area contributed by atoms with Gasteiger partial charge in [0.05, 0.1) is 19.1 Å². The fraction of sp³-hybridized carbons (Fsp3) is 0.462. The van der Waals surface area contributed by atoms with E-state index in [1.807, 2.05) is 31.2 Å². The Labute approximate surface area is 96.1 Å². The van der Waals surface area contributed by atoms with Crippen LogP contribution in [0.25, 0.3) is 0 Å². The molecule has 0 aliphatic heterocycles. The van der Waals surface area contributed by atoms with E-state index in [9.17, 15) is 9.90 Å². The van der Waals surface area contributed by atoms with Crippen molar-refractivity contribution in [2.45, 2.75) is 32.3 Å². The highest BCUT2D eigenvalue weighted by Crippen LogP contribution is 2.22. The van der Waals surface area contributed by atoms with Crippen molar-refractivity contribution >= 4 is 5.97 Å². The van der Waals surface area contributed by atoms with Gasteiger partial charge in [0.1, 0.15) is 0 Å². The number of aliphatic hydroxyl groups excluding tert-OH is 1. The molecule has 0 heterocycles. The normalized spacial score (nSPS) is 14.2. The van der Waals surface area contributed by atoms with Crippen LogP contribution in [0.3, 0.4) is 0 Å². The van der Waals surface area contributed by atoms with E-state index in [0.29, 0.717) is 6.42 Å². The second kappa shape index (κ2) is 5.66. The number of hydrogen-bond donors (Lipinski definition) is 1. The first kappa shape index (κ1) is 12.7. The van der Waals surface area contributed by atoms with Crippen LogP contribution in [-0.2, 0) is 9.53 Å². The third-order valence-electron chi connectivity index (χ3n) is 2.74. The maximum Gasteiger partial charge on any atom is 0.312 e. The van der Waals surface area contributed by atoms with Gasteiger partial charge in [-0.2, -0.15) is 0 Å². The molecule has 0 aromatic heterocycles. The molecule has 0 radical (unpaired) electrons. The number of carbonyl (C=O) groups is 1. The van der Waals surface area contributed by atoms with Crippen LogP contribution >= 0.6 is 0 Å². The summed E-state index contributed by atoms with van der Waals surface area (Å²) >= 11 is 0. The standard InChI is InChI=1S/C13H18O3/c1-4-12(14)11-7-5-6-10(8-11)9(2)13(15)16-3/h5-9,12,14H,4H2,1-3H3/t9-,12+/m1/s1. The van der Waals surface area contributed by atoms with Crippen LogP contribution in [0.5, 0.6) is 0 Å². The average molecular weight is 222 g/mol. The zero-order valence-corrected chi connectivity index (χ0v) is 9.93. The molecule has 3 heteroatoms. The number of methoxy groups -OCH3 is 1. The predicted molar refractivity (Wildman–Crippen MR) is 62.1 cm³/mol. The van der Waals surface area contributed by atoms with Crippen LogP contribution in [0.2, 0.25) is 0 Å². The number of hydrogen-bond acceptors (Lipinski definition) is 3. The maximum absolute atomic E-state index is 11.4. The van der Waals surface area contributed by atoms with Gasteiger partial charge >= 0.3 is 5.97 Å². The van der Waals surface area contributed by atoms with Gasteiger partial charge < -0.3 is 9.84 Å². The third-order valence-corrected chi connectivity index (χ3v) is 2.74. The Morgan fingerprint density at radius 1 is 1.44 bits per heavy atom. The minimum Gasteiger partial charge on any atom is -0.469 e. The number of ether oxygens (including phenoxy) is 1. The van der Waals surface area contributed by atoms with E-state index in [-0.39, 0.29) is 11.9 Å². The molecule has 2 atom stereocenters. The zero-order valence-electron chi connectivity index (χ0n) is 9.93. The summed E-state index contributed by atoms with van der Waals surface area (Å²) in [5.74, 6) is -0.558. The zero-order chi connectivity index (χ0) is 12.1. The summed E-state index contributed by atoms with van der Waals surface area (Å²) in [5, 5.41) is 9.72. The highest BCUT2D eigenvalue weighted by Gasteiger charge is 2.16. The fourth-order valence-electron chi connectivity index (χ4n) is 1.58. The Balaban J connectivity index is 2.94. The van der Waals surface area contributed by atoms with E-state index in [1.165, 1.54) is 7.11 Å². The SMILES string of the molecule is CC[C@H](O)c1cccc([C@@H](C)C(=O)OC)c1. The van der Waals surface area contributed by atoms with Crippen molar-refractivity contribution in [1.82, 2.24) is 0 Å². The van der Waals surface area contributed by atoms with Gasteiger partial charge in [0, 0.05) is 0 Å². The number of rotatable bonds is 4. The van der Waals surface area contributed by atoms with E-state index in [0.717, 1.165) is 11.1 Å². The van der Waals surface area contributed by atoms with Gasteiger partial charge in [-0.25, -0.2) is 0 Å². The lowest BCUT2D eigenvalue weighted by Gasteiger charge is -2.13. The molecule has 0 aliphatic carbocycles.